The zero-order chi connectivity index (χ0) is 15.8. The van der Waals surface area contributed by atoms with E-state index in [1.807, 2.05) is 0 Å². The molecule has 0 amide bonds. The summed E-state index contributed by atoms with van der Waals surface area (Å²) >= 11 is 0. The molecule has 3 nitrogen and oxygen atoms in total. The van der Waals surface area contributed by atoms with E-state index in [1.54, 1.807) is 0 Å². The Morgan fingerprint density at radius 2 is 2.00 bits per heavy atom. The largest absolute Gasteiger partial charge is 0.388 e. The molecule has 1 fully saturated rings. The molecule has 4 rings (SSSR count). The third-order valence-corrected chi connectivity index (χ3v) is 7.61. The number of fused-ring (bicyclic) bond motifs is 4. The lowest BCUT2D eigenvalue weighted by Gasteiger charge is -2.53. The Labute approximate surface area is 133 Å². The van der Waals surface area contributed by atoms with Crippen LogP contribution in [0.2, 0.25) is 0 Å². The van der Waals surface area contributed by atoms with Crippen LogP contribution in [0.15, 0.2) is 22.8 Å². The van der Waals surface area contributed by atoms with Crippen LogP contribution in [-0.2, 0) is 0 Å². The van der Waals surface area contributed by atoms with Crippen LogP contribution in [0, 0.1) is 16.7 Å². The zero-order valence-electron chi connectivity index (χ0n) is 13.9. The van der Waals surface area contributed by atoms with Gasteiger partial charge in [0.2, 0.25) is 0 Å². The topological polar surface area (TPSA) is 66.5 Å². The lowest BCUT2D eigenvalue weighted by atomic mass is 9.53. The third-order valence-electron chi connectivity index (χ3n) is 7.61. The maximum Gasteiger partial charge on any atom is 0.119 e. The Morgan fingerprint density at radius 3 is 2.77 bits per heavy atom. The van der Waals surface area contributed by atoms with Crippen molar-refractivity contribution in [1.29, 1.82) is 0 Å². The van der Waals surface area contributed by atoms with Gasteiger partial charge in [0.25, 0.3) is 0 Å². The molecule has 1 saturated carbocycles. The molecule has 0 aromatic heterocycles. The molecule has 0 bridgehead atoms. The number of aliphatic hydroxyl groups is 2. The van der Waals surface area contributed by atoms with Gasteiger partial charge in [0, 0.05) is 10.8 Å². The molecule has 22 heavy (non-hydrogen) atoms. The van der Waals surface area contributed by atoms with Crippen molar-refractivity contribution in [2.75, 3.05) is 0 Å². The Morgan fingerprint density at radius 1 is 1.23 bits per heavy atom. The second-order valence-corrected chi connectivity index (χ2v) is 8.54. The fourth-order valence-electron chi connectivity index (χ4n) is 6.02. The summed E-state index contributed by atoms with van der Waals surface area (Å²) in [6, 6.07) is 0. The maximum atomic E-state index is 10.9. The fraction of sp³-hybridized carbons (Fsp3) is 0.789. The van der Waals surface area contributed by atoms with E-state index in [1.165, 1.54) is 29.6 Å². The predicted octanol–water partition coefficient (Wildman–Crippen LogP) is 3.02. The van der Waals surface area contributed by atoms with Gasteiger partial charge in [-0.2, -0.15) is 0 Å². The summed E-state index contributed by atoms with van der Waals surface area (Å²) in [6.45, 7) is 4.52. The second kappa shape index (κ2) is 4.46. The van der Waals surface area contributed by atoms with Crippen LogP contribution in [0.25, 0.3) is 0 Å². The monoisotopic (exact) mass is 303 g/mol. The third kappa shape index (κ3) is 1.68. The van der Waals surface area contributed by atoms with E-state index in [4.69, 9.17) is 5.73 Å². The minimum Gasteiger partial charge on any atom is -0.388 e. The summed E-state index contributed by atoms with van der Waals surface area (Å²) in [5, 5.41) is 21.6. The summed E-state index contributed by atoms with van der Waals surface area (Å²) < 4.78 is 0. The van der Waals surface area contributed by atoms with Crippen LogP contribution in [-0.4, -0.2) is 22.0 Å². The average Bonchev–Trinajstić information content (AvgIpc) is 2.70. The van der Waals surface area contributed by atoms with Crippen molar-refractivity contribution in [3.8, 4) is 0 Å². The van der Waals surface area contributed by atoms with Gasteiger partial charge in [-0.15, -0.1) is 0 Å². The van der Waals surface area contributed by atoms with E-state index in [0.717, 1.165) is 32.1 Å². The number of rotatable bonds is 0. The lowest BCUT2D eigenvalue weighted by molar-refractivity contribution is -0.0713. The Kier molecular flexibility index (Phi) is 3.03. The normalized spacial score (nSPS) is 51.0. The van der Waals surface area contributed by atoms with Crippen LogP contribution >= 0.6 is 0 Å². The van der Waals surface area contributed by atoms with Gasteiger partial charge < -0.3 is 15.9 Å². The highest BCUT2D eigenvalue weighted by Gasteiger charge is 2.60. The van der Waals surface area contributed by atoms with E-state index < -0.39 is 5.72 Å². The van der Waals surface area contributed by atoms with Gasteiger partial charge in [0.1, 0.15) is 5.72 Å². The molecule has 2 unspecified atom stereocenters. The number of hydrogen-bond donors (Lipinski definition) is 3. The highest BCUT2D eigenvalue weighted by Crippen LogP contribution is 2.63. The summed E-state index contributed by atoms with van der Waals surface area (Å²) in [6.07, 6.45) is 9.88. The highest BCUT2D eigenvalue weighted by atomic mass is 16.3. The molecular formula is C19H29NO2. The average molecular weight is 303 g/mol. The van der Waals surface area contributed by atoms with E-state index in [0.29, 0.717) is 6.42 Å². The van der Waals surface area contributed by atoms with Gasteiger partial charge in [-0.1, -0.05) is 31.1 Å². The highest BCUT2D eigenvalue weighted by molar-refractivity contribution is 5.44. The summed E-state index contributed by atoms with van der Waals surface area (Å²) in [7, 11) is 0. The fourth-order valence-corrected chi connectivity index (χ4v) is 6.02. The maximum absolute atomic E-state index is 10.9. The van der Waals surface area contributed by atoms with Crippen molar-refractivity contribution in [3.05, 3.63) is 22.8 Å². The SMILES string of the molecule is C[C@]12CCCC=C1CC(O)C1=C2CC[C@@]2(C)[C@H]1CCC2(N)O. The van der Waals surface area contributed by atoms with E-state index >= 15 is 0 Å². The first-order valence-electron chi connectivity index (χ1n) is 8.92. The van der Waals surface area contributed by atoms with Crippen LogP contribution in [0.3, 0.4) is 0 Å². The number of allylic oxidation sites excluding steroid dienone is 2. The Balaban J connectivity index is 1.85. The smallest absolute Gasteiger partial charge is 0.119 e. The standard InChI is InChI=1S/C19H29NO2/c1-17-8-4-3-5-12(17)11-15(21)16-13(17)6-9-18(2)14(16)7-10-19(18,20)22/h5,14-15,21-22H,3-4,6-11,20H2,1-2H3/t14-,15?,17-,18-,19?/m0/s1. The molecular weight excluding hydrogens is 274 g/mol. The van der Waals surface area contributed by atoms with Crippen molar-refractivity contribution in [3.63, 3.8) is 0 Å². The molecule has 0 heterocycles. The van der Waals surface area contributed by atoms with Gasteiger partial charge in [0.15, 0.2) is 0 Å². The summed E-state index contributed by atoms with van der Waals surface area (Å²) in [5.74, 6) is 0.251. The zero-order valence-corrected chi connectivity index (χ0v) is 13.9. The molecule has 4 N–H and O–H groups in total. The minimum absolute atomic E-state index is 0.156. The molecule has 3 heteroatoms. The van der Waals surface area contributed by atoms with Gasteiger partial charge in [-0.25, -0.2) is 0 Å². The van der Waals surface area contributed by atoms with Crippen molar-refractivity contribution >= 4 is 0 Å². The first-order chi connectivity index (χ1) is 10.3. The van der Waals surface area contributed by atoms with Gasteiger partial charge in [-0.05, 0) is 62.9 Å². The summed E-state index contributed by atoms with van der Waals surface area (Å²) in [5.41, 5.74) is 9.22. The van der Waals surface area contributed by atoms with Crippen molar-refractivity contribution < 1.29 is 10.2 Å². The van der Waals surface area contributed by atoms with E-state index in [2.05, 4.69) is 19.9 Å². The van der Waals surface area contributed by atoms with Crippen molar-refractivity contribution in [2.24, 2.45) is 22.5 Å². The molecule has 5 atom stereocenters. The van der Waals surface area contributed by atoms with Crippen LogP contribution < -0.4 is 5.73 Å². The molecule has 0 radical (unpaired) electrons. The van der Waals surface area contributed by atoms with Gasteiger partial charge in [-0.3, -0.25) is 0 Å². The predicted molar refractivity (Wildman–Crippen MR) is 86.9 cm³/mol. The molecule has 0 aliphatic heterocycles. The first kappa shape index (κ1) is 14.9. The molecule has 4 aliphatic carbocycles. The quantitative estimate of drug-likeness (QED) is 0.476. The molecule has 122 valence electrons. The minimum atomic E-state index is -1.08. The van der Waals surface area contributed by atoms with Crippen LogP contribution in [0.5, 0.6) is 0 Å². The molecule has 0 aromatic carbocycles. The van der Waals surface area contributed by atoms with Crippen molar-refractivity contribution in [1.82, 2.24) is 0 Å². The van der Waals surface area contributed by atoms with E-state index in [-0.39, 0.29) is 22.9 Å². The van der Waals surface area contributed by atoms with Crippen LogP contribution in [0.1, 0.15) is 65.2 Å². The number of aliphatic hydroxyl groups excluding tert-OH is 1. The van der Waals surface area contributed by atoms with Gasteiger partial charge in [0.05, 0.1) is 6.10 Å². The molecule has 0 spiro atoms. The molecule has 4 aliphatic rings. The van der Waals surface area contributed by atoms with E-state index in [9.17, 15) is 10.2 Å². The lowest BCUT2D eigenvalue weighted by Crippen LogP contribution is -2.55. The second-order valence-electron chi connectivity index (χ2n) is 8.54. The molecule has 0 saturated heterocycles. The number of hydrogen-bond acceptors (Lipinski definition) is 3. The Bertz CT molecular complexity index is 576. The van der Waals surface area contributed by atoms with Gasteiger partial charge >= 0.3 is 0 Å². The summed E-state index contributed by atoms with van der Waals surface area (Å²) in [4.78, 5) is 0. The number of nitrogens with two attached hydrogens (primary N) is 1. The van der Waals surface area contributed by atoms with Crippen LogP contribution in [0.4, 0.5) is 0 Å². The Hall–Kier alpha value is -0.640. The molecule has 0 aromatic rings. The van der Waals surface area contributed by atoms with Crippen molar-refractivity contribution in [2.45, 2.75) is 77.0 Å². The first-order valence-corrected chi connectivity index (χ1v) is 8.92.